The van der Waals surface area contributed by atoms with Gasteiger partial charge in [-0.3, -0.25) is 0 Å². The Morgan fingerprint density at radius 3 is 2.86 bits per heavy atom. The summed E-state index contributed by atoms with van der Waals surface area (Å²) in [5, 5.41) is 3.53. The summed E-state index contributed by atoms with van der Waals surface area (Å²) in [6, 6.07) is 2.20. The Morgan fingerprint density at radius 2 is 2.29 bits per heavy atom. The highest BCUT2D eigenvalue weighted by Crippen LogP contribution is 2.44. The number of hydrogen-bond acceptors (Lipinski definition) is 1. The van der Waals surface area contributed by atoms with Crippen molar-refractivity contribution in [1.29, 1.82) is 0 Å². The summed E-state index contributed by atoms with van der Waals surface area (Å²) in [4.78, 5) is 0. The molecular formula is C12H20N2. The van der Waals surface area contributed by atoms with Crippen molar-refractivity contribution in [3.05, 3.63) is 24.0 Å². The minimum atomic E-state index is 0.618. The quantitative estimate of drug-likeness (QED) is 0.758. The van der Waals surface area contributed by atoms with E-state index in [1.165, 1.54) is 24.9 Å². The predicted octanol–water partition coefficient (Wildman–Crippen LogP) is 2.40. The van der Waals surface area contributed by atoms with Gasteiger partial charge in [0.15, 0.2) is 0 Å². The summed E-state index contributed by atoms with van der Waals surface area (Å²) in [5.74, 6) is 0. The first-order chi connectivity index (χ1) is 6.72. The summed E-state index contributed by atoms with van der Waals surface area (Å²) in [5.41, 5.74) is 2.02. The van der Waals surface area contributed by atoms with Gasteiger partial charge in [-0.25, -0.2) is 0 Å². The van der Waals surface area contributed by atoms with Crippen molar-refractivity contribution >= 4 is 0 Å². The van der Waals surface area contributed by atoms with Gasteiger partial charge in [0, 0.05) is 32.0 Å². The third kappa shape index (κ3) is 2.38. The molecule has 2 nitrogen and oxygen atoms in total. The van der Waals surface area contributed by atoms with E-state index in [4.69, 9.17) is 0 Å². The van der Waals surface area contributed by atoms with Crippen molar-refractivity contribution in [2.45, 2.75) is 39.8 Å². The van der Waals surface area contributed by atoms with Crippen LogP contribution in [0.25, 0.3) is 0 Å². The molecule has 0 amide bonds. The minimum Gasteiger partial charge on any atom is -0.354 e. The number of aromatic nitrogens is 1. The lowest BCUT2D eigenvalue weighted by molar-refractivity contribution is 0.499. The zero-order chi connectivity index (χ0) is 10.0. The summed E-state index contributed by atoms with van der Waals surface area (Å²) in [7, 11) is 0. The Kier molecular flexibility index (Phi) is 2.64. The fraction of sp³-hybridized carbons (Fsp3) is 0.667. The molecule has 1 aromatic heterocycles. The Hall–Kier alpha value is -0.760. The van der Waals surface area contributed by atoms with Crippen LogP contribution in [0.1, 0.15) is 32.3 Å². The Morgan fingerprint density at radius 1 is 1.50 bits per heavy atom. The summed E-state index contributed by atoms with van der Waals surface area (Å²) < 4.78 is 2.22. The molecule has 14 heavy (non-hydrogen) atoms. The van der Waals surface area contributed by atoms with Gasteiger partial charge >= 0.3 is 0 Å². The van der Waals surface area contributed by atoms with Crippen LogP contribution in [0.5, 0.6) is 0 Å². The molecule has 0 atom stereocenters. The Labute approximate surface area is 86.3 Å². The highest BCUT2D eigenvalue weighted by molar-refractivity contribution is 5.10. The second-order valence-corrected chi connectivity index (χ2v) is 4.76. The number of aryl methyl sites for hydroxylation is 1. The molecule has 0 aliphatic heterocycles. The van der Waals surface area contributed by atoms with Crippen molar-refractivity contribution in [1.82, 2.24) is 9.88 Å². The van der Waals surface area contributed by atoms with Gasteiger partial charge in [0.25, 0.3) is 0 Å². The molecule has 1 aromatic rings. The second kappa shape index (κ2) is 3.77. The van der Waals surface area contributed by atoms with Gasteiger partial charge < -0.3 is 9.88 Å². The normalized spacial score (nSPS) is 18.4. The predicted molar refractivity (Wildman–Crippen MR) is 59.2 cm³/mol. The standard InChI is InChI=1S/C12H20N2/c1-3-14-7-4-11(9-14)8-13-10-12(2)5-6-12/h4,7,9,13H,3,5-6,8,10H2,1-2H3. The molecule has 2 rings (SSSR count). The highest BCUT2D eigenvalue weighted by Gasteiger charge is 2.36. The zero-order valence-corrected chi connectivity index (χ0v) is 9.21. The Bertz CT molecular complexity index is 297. The van der Waals surface area contributed by atoms with Gasteiger partial charge in [0.05, 0.1) is 0 Å². The van der Waals surface area contributed by atoms with Crippen LogP contribution >= 0.6 is 0 Å². The Balaban J connectivity index is 1.74. The second-order valence-electron chi connectivity index (χ2n) is 4.76. The molecule has 1 heterocycles. The van der Waals surface area contributed by atoms with Crippen LogP contribution < -0.4 is 5.32 Å². The van der Waals surface area contributed by atoms with Crippen molar-refractivity contribution in [3.63, 3.8) is 0 Å². The van der Waals surface area contributed by atoms with E-state index < -0.39 is 0 Å². The lowest BCUT2D eigenvalue weighted by Crippen LogP contribution is -2.21. The van der Waals surface area contributed by atoms with Gasteiger partial charge in [-0.2, -0.15) is 0 Å². The summed E-state index contributed by atoms with van der Waals surface area (Å²) in [6.45, 7) is 7.78. The molecule has 1 aliphatic rings. The van der Waals surface area contributed by atoms with Gasteiger partial charge in [0.1, 0.15) is 0 Å². The van der Waals surface area contributed by atoms with Crippen LogP contribution in [0.4, 0.5) is 0 Å². The third-order valence-electron chi connectivity index (χ3n) is 3.16. The first-order valence-electron chi connectivity index (χ1n) is 5.57. The molecule has 1 fully saturated rings. The number of nitrogens with zero attached hydrogens (tertiary/aromatic N) is 1. The monoisotopic (exact) mass is 192 g/mol. The number of hydrogen-bond donors (Lipinski definition) is 1. The number of rotatable bonds is 5. The number of nitrogens with one attached hydrogen (secondary N) is 1. The third-order valence-corrected chi connectivity index (χ3v) is 3.16. The molecule has 0 bridgehead atoms. The average Bonchev–Trinajstić information content (AvgIpc) is 2.75. The molecule has 1 N–H and O–H groups in total. The molecule has 0 aromatic carbocycles. The maximum atomic E-state index is 3.53. The van der Waals surface area contributed by atoms with Crippen LogP contribution in [-0.2, 0) is 13.1 Å². The van der Waals surface area contributed by atoms with Gasteiger partial charge in [-0.15, -0.1) is 0 Å². The van der Waals surface area contributed by atoms with Crippen molar-refractivity contribution in [3.8, 4) is 0 Å². The lowest BCUT2D eigenvalue weighted by Gasteiger charge is -2.08. The molecular weight excluding hydrogens is 172 g/mol. The van der Waals surface area contributed by atoms with E-state index in [1.807, 2.05) is 0 Å². The van der Waals surface area contributed by atoms with Crippen LogP contribution in [0.15, 0.2) is 18.5 Å². The SMILES string of the molecule is CCn1ccc(CNCC2(C)CC2)c1. The summed E-state index contributed by atoms with van der Waals surface area (Å²) >= 11 is 0. The van der Waals surface area contributed by atoms with Crippen LogP contribution in [0.2, 0.25) is 0 Å². The summed E-state index contributed by atoms with van der Waals surface area (Å²) in [6.07, 6.45) is 7.17. The first kappa shape index (κ1) is 9.78. The highest BCUT2D eigenvalue weighted by atomic mass is 14.9. The van der Waals surface area contributed by atoms with Crippen molar-refractivity contribution < 1.29 is 0 Å². The maximum Gasteiger partial charge on any atom is 0.0220 e. The van der Waals surface area contributed by atoms with E-state index in [2.05, 4.69) is 42.2 Å². The largest absolute Gasteiger partial charge is 0.354 e. The van der Waals surface area contributed by atoms with Gasteiger partial charge in [-0.1, -0.05) is 6.92 Å². The smallest absolute Gasteiger partial charge is 0.0220 e. The topological polar surface area (TPSA) is 17.0 Å². The molecule has 2 heteroatoms. The van der Waals surface area contributed by atoms with Crippen molar-refractivity contribution in [2.75, 3.05) is 6.54 Å². The van der Waals surface area contributed by atoms with Crippen molar-refractivity contribution in [2.24, 2.45) is 5.41 Å². The van der Waals surface area contributed by atoms with E-state index >= 15 is 0 Å². The molecule has 1 saturated carbocycles. The minimum absolute atomic E-state index is 0.618. The molecule has 0 spiro atoms. The van der Waals surface area contributed by atoms with E-state index in [0.29, 0.717) is 5.41 Å². The molecule has 0 saturated heterocycles. The van der Waals surface area contributed by atoms with Gasteiger partial charge in [0.2, 0.25) is 0 Å². The van der Waals surface area contributed by atoms with E-state index in [1.54, 1.807) is 0 Å². The fourth-order valence-corrected chi connectivity index (χ4v) is 1.69. The maximum absolute atomic E-state index is 3.53. The first-order valence-corrected chi connectivity index (χ1v) is 5.57. The molecule has 78 valence electrons. The molecule has 0 unspecified atom stereocenters. The van der Waals surface area contributed by atoms with E-state index in [0.717, 1.165) is 13.1 Å². The van der Waals surface area contributed by atoms with Crippen LogP contribution in [0.3, 0.4) is 0 Å². The average molecular weight is 192 g/mol. The van der Waals surface area contributed by atoms with E-state index in [9.17, 15) is 0 Å². The molecule has 0 radical (unpaired) electrons. The van der Waals surface area contributed by atoms with Crippen LogP contribution in [0, 0.1) is 5.41 Å². The van der Waals surface area contributed by atoms with Crippen LogP contribution in [-0.4, -0.2) is 11.1 Å². The fourth-order valence-electron chi connectivity index (χ4n) is 1.69. The van der Waals surface area contributed by atoms with Gasteiger partial charge in [-0.05, 0) is 36.8 Å². The zero-order valence-electron chi connectivity index (χ0n) is 9.21. The molecule has 1 aliphatic carbocycles. The lowest BCUT2D eigenvalue weighted by atomic mass is 10.1. The van der Waals surface area contributed by atoms with E-state index in [-0.39, 0.29) is 0 Å².